The van der Waals surface area contributed by atoms with Crippen molar-refractivity contribution in [3.63, 3.8) is 0 Å². The monoisotopic (exact) mass is 375 g/mol. The Morgan fingerprint density at radius 3 is 2.52 bits per heavy atom. The van der Waals surface area contributed by atoms with Crippen molar-refractivity contribution in [1.82, 2.24) is 15.4 Å². The molecule has 2 aromatic rings. The molecule has 1 fully saturated rings. The highest BCUT2D eigenvalue weighted by Crippen LogP contribution is 2.30. The maximum absolute atomic E-state index is 12.4. The summed E-state index contributed by atoms with van der Waals surface area (Å²) in [6.07, 6.45) is 2.14. The summed E-state index contributed by atoms with van der Waals surface area (Å²) in [5, 5.41) is 3.87. The van der Waals surface area contributed by atoms with E-state index in [0.29, 0.717) is 21.2 Å². The van der Waals surface area contributed by atoms with Crippen LogP contribution in [0, 0.1) is 5.41 Å². The number of aromatic nitrogens is 1. The highest BCUT2D eigenvalue weighted by Gasteiger charge is 2.26. The normalized spacial score (nSPS) is 17.7. The number of rotatable bonds is 2. The first kappa shape index (κ1) is 18.4. The minimum atomic E-state index is -0.150. The predicted octanol–water partition coefficient (Wildman–Crippen LogP) is 4.66. The molecule has 1 aromatic heterocycles. The van der Waals surface area contributed by atoms with Crippen molar-refractivity contribution in [2.24, 2.45) is 5.41 Å². The van der Waals surface area contributed by atoms with E-state index in [-0.39, 0.29) is 18.3 Å². The van der Waals surface area contributed by atoms with Gasteiger partial charge in [-0.2, -0.15) is 0 Å². The summed E-state index contributed by atoms with van der Waals surface area (Å²) in [4.78, 5) is 15.5. The molecule has 1 aromatic carbocycles. The van der Waals surface area contributed by atoms with Crippen molar-refractivity contribution in [2.45, 2.75) is 26.7 Å². The van der Waals surface area contributed by atoms with Gasteiger partial charge in [-0.05, 0) is 36.5 Å². The smallest absolute Gasteiger partial charge is 0.282 e. The van der Waals surface area contributed by atoms with Crippen LogP contribution in [0.2, 0.25) is 10.0 Å². The summed E-state index contributed by atoms with van der Waals surface area (Å²) in [6, 6.07) is 5.20. The number of H-pyrrole nitrogens is 1. The lowest BCUT2D eigenvalue weighted by atomic mass is 9.83. The number of nitrogens with zero attached hydrogens (tertiary/aromatic N) is 1. The number of amides is 1. The predicted molar refractivity (Wildman–Crippen MR) is 97.6 cm³/mol. The van der Waals surface area contributed by atoms with E-state index in [1.165, 1.54) is 0 Å². The molecule has 23 heavy (non-hydrogen) atoms. The fraction of sp³-hybridized carbons (Fsp3) is 0.438. The number of hydrogen-bond donors (Lipinski definition) is 2. The molecule has 0 unspecified atom stereocenters. The Hall–Kier alpha value is -0.940. The van der Waals surface area contributed by atoms with E-state index in [1.54, 1.807) is 18.2 Å². The van der Waals surface area contributed by atoms with Crippen LogP contribution in [0.5, 0.6) is 0 Å². The van der Waals surface area contributed by atoms with Crippen molar-refractivity contribution in [3.05, 3.63) is 33.9 Å². The molecule has 0 spiro atoms. The number of halogens is 3. The zero-order chi connectivity index (χ0) is 15.9. The quantitative estimate of drug-likeness (QED) is 0.800. The molecule has 1 saturated heterocycles. The highest BCUT2D eigenvalue weighted by molar-refractivity contribution is 6.38. The van der Waals surface area contributed by atoms with Crippen LogP contribution in [0.4, 0.5) is 0 Å². The molecule has 0 saturated carbocycles. The molecule has 0 radical (unpaired) electrons. The second-order valence-electron chi connectivity index (χ2n) is 6.62. The third-order valence-electron chi connectivity index (χ3n) is 4.27. The zero-order valence-electron chi connectivity index (χ0n) is 13.1. The highest BCUT2D eigenvalue weighted by atomic mass is 35.5. The van der Waals surface area contributed by atoms with Crippen molar-refractivity contribution in [1.29, 1.82) is 0 Å². The lowest BCUT2D eigenvalue weighted by molar-refractivity contribution is 0.0599. The number of piperidine rings is 1. The van der Waals surface area contributed by atoms with E-state index in [0.717, 1.165) is 36.8 Å². The van der Waals surface area contributed by atoms with Crippen LogP contribution in [0.25, 0.3) is 10.9 Å². The van der Waals surface area contributed by atoms with Crippen molar-refractivity contribution >= 4 is 52.4 Å². The first-order valence-corrected chi connectivity index (χ1v) is 8.13. The molecule has 1 amide bonds. The number of hydrogen-bond acceptors (Lipinski definition) is 2. The van der Waals surface area contributed by atoms with Crippen LogP contribution in [-0.4, -0.2) is 29.0 Å². The fourth-order valence-electron chi connectivity index (χ4n) is 2.71. The minimum Gasteiger partial charge on any atom is -0.350 e. The van der Waals surface area contributed by atoms with Crippen LogP contribution >= 0.6 is 35.6 Å². The van der Waals surface area contributed by atoms with Gasteiger partial charge < -0.3 is 4.98 Å². The average Bonchev–Trinajstić information content (AvgIpc) is 2.85. The summed E-state index contributed by atoms with van der Waals surface area (Å²) in [5.74, 6) is -0.150. The first-order valence-electron chi connectivity index (χ1n) is 7.38. The molecule has 1 aliphatic rings. The minimum absolute atomic E-state index is 0. The van der Waals surface area contributed by atoms with Crippen molar-refractivity contribution < 1.29 is 4.79 Å². The Labute approximate surface area is 151 Å². The zero-order valence-corrected chi connectivity index (χ0v) is 15.4. The van der Waals surface area contributed by atoms with Gasteiger partial charge in [0.25, 0.3) is 5.91 Å². The molecule has 3 rings (SSSR count). The summed E-state index contributed by atoms with van der Waals surface area (Å²) in [6.45, 7) is 6.25. The van der Waals surface area contributed by atoms with Gasteiger partial charge in [-0.3, -0.25) is 10.2 Å². The molecule has 4 nitrogen and oxygen atoms in total. The van der Waals surface area contributed by atoms with Crippen molar-refractivity contribution in [3.8, 4) is 0 Å². The number of carbonyl (C=O) groups is 1. The van der Waals surface area contributed by atoms with Gasteiger partial charge in [-0.25, -0.2) is 5.01 Å². The molecular weight excluding hydrogens is 357 g/mol. The van der Waals surface area contributed by atoms with E-state index < -0.39 is 0 Å². The number of fused-ring (bicyclic) bond motifs is 1. The van der Waals surface area contributed by atoms with Gasteiger partial charge in [0.15, 0.2) is 0 Å². The second-order valence-corrected chi connectivity index (χ2v) is 7.47. The average molecular weight is 377 g/mol. The van der Waals surface area contributed by atoms with E-state index in [1.807, 2.05) is 5.01 Å². The van der Waals surface area contributed by atoms with Crippen LogP contribution in [0.15, 0.2) is 18.2 Å². The number of nitrogens with one attached hydrogen (secondary N) is 2. The standard InChI is InChI=1S/C16H19Cl2N3O.ClH/c1-16(2)3-5-21(6-4-16)20-15(22)14-9-11-12(18)7-10(17)8-13(11)19-14;/h7-9,19H,3-6H2,1-2H3,(H,20,22);1H. The molecule has 0 aliphatic carbocycles. The van der Waals surface area contributed by atoms with Gasteiger partial charge in [0.1, 0.15) is 5.69 Å². The van der Waals surface area contributed by atoms with E-state index in [4.69, 9.17) is 23.2 Å². The van der Waals surface area contributed by atoms with Crippen LogP contribution in [0.3, 0.4) is 0 Å². The van der Waals surface area contributed by atoms with Crippen LogP contribution < -0.4 is 5.43 Å². The van der Waals surface area contributed by atoms with Gasteiger partial charge in [-0.15, -0.1) is 12.4 Å². The lowest BCUT2D eigenvalue weighted by Crippen LogP contribution is -2.48. The first-order chi connectivity index (χ1) is 10.3. The number of hydrazine groups is 1. The molecule has 0 atom stereocenters. The maximum atomic E-state index is 12.4. The molecule has 1 aliphatic heterocycles. The fourth-order valence-corrected chi connectivity index (χ4v) is 3.26. The van der Waals surface area contributed by atoms with E-state index in [9.17, 15) is 4.79 Å². The van der Waals surface area contributed by atoms with Crippen LogP contribution in [-0.2, 0) is 0 Å². The molecule has 126 valence electrons. The number of carbonyl (C=O) groups excluding carboxylic acids is 1. The topological polar surface area (TPSA) is 48.1 Å². The van der Waals surface area contributed by atoms with Gasteiger partial charge in [-0.1, -0.05) is 37.0 Å². The molecular formula is C16H20Cl3N3O. The van der Waals surface area contributed by atoms with E-state index in [2.05, 4.69) is 24.3 Å². The number of benzene rings is 1. The lowest BCUT2D eigenvalue weighted by Gasteiger charge is -2.36. The SMILES string of the molecule is CC1(C)CCN(NC(=O)c2cc3c(Cl)cc(Cl)cc3[nH]2)CC1.Cl. The summed E-state index contributed by atoms with van der Waals surface area (Å²) >= 11 is 12.1. The summed E-state index contributed by atoms with van der Waals surface area (Å²) in [5.41, 5.74) is 4.56. The Kier molecular flexibility index (Phi) is 5.52. The third kappa shape index (κ3) is 4.13. The summed E-state index contributed by atoms with van der Waals surface area (Å²) < 4.78 is 0. The Balaban J connectivity index is 0.00000192. The Bertz CT molecular complexity index is 717. The second kappa shape index (κ2) is 6.89. The van der Waals surface area contributed by atoms with Crippen LogP contribution in [0.1, 0.15) is 37.2 Å². The maximum Gasteiger partial charge on any atom is 0.282 e. The Morgan fingerprint density at radius 1 is 1.22 bits per heavy atom. The van der Waals surface area contributed by atoms with Gasteiger partial charge in [0, 0.05) is 29.0 Å². The van der Waals surface area contributed by atoms with Gasteiger partial charge in [0.05, 0.1) is 5.02 Å². The largest absolute Gasteiger partial charge is 0.350 e. The van der Waals surface area contributed by atoms with E-state index >= 15 is 0 Å². The molecule has 0 bridgehead atoms. The van der Waals surface area contributed by atoms with Crippen molar-refractivity contribution in [2.75, 3.05) is 13.1 Å². The van der Waals surface area contributed by atoms with Gasteiger partial charge >= 0.3 is 0 Å². The van der Waals surface area contributed by atoms with Gasteiger partial charge in [0.2, 0.25) is 0 Å². The number of aromatic amines is 1. The molecule has 2 N–H and O–H groups in total. The third-order valence-corrected chi connectivity index (χ3v) is 4.80. The molecule has 2 heterocycles. The molecule has 7 heteroatoms. The summed E-state index contributed by atoms with van der Waals surface area (Å²) in [7, 11) is 0. The Morgan fingerprint density at radius 2 is 1.87 bits per heavy atom.